The van der Waals surface area contributed by atoms with Gasteiger partial charge in [-0.2, -0.15) is 0 Å². The van der Waals surface area contributed by atoms with E-state index in [4.69, 9.17) is 9.84 Å². The lowest BCUT2D eigenvalue weighted by Crippen LogP contribution is -2.27. The van der Waals surface area contributed by atoms with Crippen LogP contribution in [-0.2, 0) is 16.1 Å². The number of hydrogen-bond acceptors (Lipinski definition) is 6. The van der Waals surface area contributed by atoms with Gasteiger partial charge in [-0.25, -0.2) is 9.59 Å². The van der Waals surface area contributed by atoms with Crippen LogP contribution in [0, 0.1) is 0 Å². The lowest BCUT2D eigenvalue weighted by molar-refractivity contribution is -0.144. The Kier molecular flexibility index (Phi) is 6.03. The fourth-order valence-electron chi connectivity index (χ4n) is 2.72. The summed E-state index contributed by atoms with van der Waals surface area (Å²) in [5.41, 5.74) is 2.08. The summed E-state index contributed by atoms with van der Waals surface area (Å²) in [5, 5.41) is 11.7. The van der Waals surface area contributed by atoms with Crippen LogP contribution in [-0.4, -0.2) is 41.6 Å². The van der Waals surface area contributed by atoms with Crippen LogP contribution < -0.4 is 14.9 Å². The van der Waals surface area contributed by atoms with E-state index in [2.05, 4.69) is 22.9 Å². The fourth-order valence-corrected chi connectivity index (χ4v) is 2.85. The van der Waals surface area contributed by atoms with Crippen molar-refractivity contribution in [3.63, 3.8) is 0 Å². The van der Waals surface area contributed by atoms with E-state index in [1.54, 1.807) is 24.3 Å². The summed E-state index contributed by atoms with van der Waals surface area (Å²) >= 11 is 3.69. The second kappa shape index (κ2) is 8.65. The number of ether oxygens (including phenoxy) is 1. The first-order chi connectivity index (χ1) is 13.9. The number of carbonyl (C=O) groups excluding carboxylic acids is 3. The number of anilines is 1. The summed E-state index contributed by atoms with van der Waals surface area (Å²) in [6, 6.07) is 12.9. The molecule has 0 saturated carbocycles. The molecule has 0 radical (unpaired) electrons. The van der Waals surface area contributed by atoms with Gasteiger partial charge < -0.3 is 15.2 Å². The number of cyclic esters (lactones) is 1. The van der Waals surface area contributed by atoms with E-state index in [1.807, 2.05) is 0 Å². The van der Waals surface area contributed by atoms with Crippen LogP contribution in [0.15, 0.2) is 48.5 Å². The number of carboxylic acid groups (broad SMARTS) is 1. The minimum atomic E-state index is -1.19. The molecular weight excluding hydrogens is 398 g/mol. The molecule has 1 unspecified atom stereocenters. The van der Waals surface area contributed by atoms with Crippen LogP contribution >= 0.6 is 12.8 Å². The van der Waals surface area contributed by atoms with Crippen molar-refractivity contribution in [2.75, 3.05) is 11.4 Å². The Bertz CT molecular complexity index is 945. The van der Waals surface area contributed by atoms with Crippen LogP contribution in [0.1, 0.15) is 26.3 Å². The molecule has 3 amide bonds. The van der Waals surface area contributed by atoms with E-state index in [0.717, 1.165) is 5.56 Å². The highest BCUT2D eigenvalue weighted by Crippen LogP contribution is 2.22. The molecule has 1 saturated heterocycles. The molecule has 29 heavy (non-hydrogen) atoms. The smallest absolute Gasteiger partial charge is 0.415 e. The summed E-state index contributed by atoms with van der Waals surface area (Å²) in [4.78, 5) is 47.7. The molecule has 3 N–H and O–H groups in total. The highest BCUT2D eigenvalue weighted by Gasteiger charge is 2.36. The Morgan fingerprint density at radius 1 is 1.03 bits per heavy atom. The number of aliphatic carboxylic acids is 1. The molecule has 2 aromatic rings. The zero-order valence-corrected chi connectivity index (χ0v) is 15.9. The van der Waals surface area contributed by atoms with Gasteiger partial charge in [0.25, 0.3) is 11.8 Å². The third-order valence-corrected chi connectivity index (χ3v) is 4.50. The lowest BCUT2D eigenvalue weighted by atomic mass is 10.1. The topological polar surface area (TPSA) is 125 Å². The minimum absolute atomic E-state index is 0.0640. The summed E-state index contributed by atoms with van der Waals surface area (Å²) < 4.78 is 6.98. The number of thiol groups is 1. The molecule has 1 aliphatic rings. The van der Waals surface area contributed by atoms with E-state index < -0.39 is 18.2 Å². The molecule has 1 aliphatic heterocycles. The van der Waals surface area contributed by atoms with Crippen molar-refractivity contribution in [3.05, 3.63) is 65.2 Å². The maximum atomic E-state index is 12.2. The molecule has 10 heteroatoms. The molecule has 9 nitrogen and oxygen atoms in total. The van der Waals surface area contributed by atoms with Gasteiger partial charge in [0.15, 0.2) is 0 Å². The normalized spacial score (nSPS) is 15.6. The number of nitrogens with zero attached hydrogens (tertiary/aromatic N) is 1. The zero-order valence-electron chi connectivity index (χ0n) is 15.0. The van der Waals surface area contributed by atoms with Gasteiger partial charge >= 0.3 is 12.1 Å². The van der Waals surface area contributed by atoms with E-state index in [1.165, 1.54) is 29.2 Å². The monoisotopic (exact) mass is 415 g/mol. The summed E-state index contributed by atoms with van der Waals surface area (Å²) in [6.45, 7) is 0.186. The minimum Gasteiger partial charge on any atom is -0.478 e. The number of amides is 3. The summed E-state index contributed by atoms with van der Waals surface area (Å²) in [5.74, 6) is -1.87. The van der Waals surface area contributed by atoms with Crippen LogP contribution in [0.2, 0.25) is 0 Å². The van der Waals surface area contributed by atoms with Gasteiger partial charge in [-0.3, -0.25) is 19.2 Å². The van der Waals surface area contributed by atoms with Crippen molar-refractivity contribution >= 4 is 42.4 Å². The molecular formula is C19H17N3O6S. The second-order valence-electron chi connectivity index (χ2n) is 6.19. The van der Waals surface area contributed by atoms with E-state index in [0.29, 0.717) is 16.8 Å². The highest BCUT2D eigenvalue weighted by atomic mass is 32.1. The molecule has 0 aromatic heterocycles. The average molecular weight is 415 g/mol. The fraction of sp³-hybridized carbons (Fsp3) is 0.158. The molecule has 150 valence electrons. The lowest BCUT2D eigenvalue weighted by Gasteiger charge is -2.13. The molecule has 2 aromatic carbocycles. The number of nitrogens with one attached hydrogen (secondary N) is 2. The first-order valence-electron chi connectivity index (χ1n) is 8.51. The Labute approximate surface area is 171 Å². The van der Waals surface area contributed by atoms with Crippen molar-refractivity contribution < 1.29 is 29.0 Å². The van der Waals surface area contributed by atoms with Gasteiger partial charge in [-0.1, -0.05) is 24.9 Å². The molecule has 0 bridgehead atoms. The number of carbonyl (C=O) groups is 4. The molecule has 3 rings (SSSR count). The largest absolute Gasteiger partial charge is 0.478 e. The third kappa shape index (κ3) is 4.66. The predicted octanol–water partition coefficient (Wildman–Crippen LogP) is 1.60. The third-order valence-electron chi connectivity index (χ3n) is 4.30. The van der Waals surface area contributed by atoms with Crippen molar-refractivity contribution in [3.8, 4) is 0 Å². The number of carboxylic acids is 1. The highest BCUT2D eigenvalue weighted by molar-refractivity contribution is 7.78. The average Bonchev–Trinajstić information content (AvgIpc) is 3.14. The van der Waals surface area contributed by atoms with E-state index >= 15 is 0 Å². The molecule has 1 fully saturated rings. The molecule has 1 heterocycles. The maximum absolute atomic E-state index is 12.2. The second-order valence-corrected chi connectivity index (χ2v) is 6.41. The number of hydrogen-bond donors (Lipinski definition) is 4. The van der Waals surface area contributed by atoms with E-state index in [-0.39, 0.29) is 24.9 Å². The summed E-state index contributed by atoms with van der Waals surface area (Å²) in [6.07, 6.45) is -1.90. The number of benzene rings is 2. The summed E-state index contributed by atoms with van der Waals surface area (Å²) in [7, 11) is 0. The standard InChI is InChI=1S/C19H17N3O6S/c23-16(12-3-5-13(6-4-12)17(24)21-29)20-9-11-1-7-14(8-2-11)22-10-15(18(25)26)28-19(22)27/h1-8,15,29H,9-10H2,(H,20,23)(H,21,24)(H,25,26). The predicted molar refractivity (Wildman–Crippen MR) is 106 cm³/mol. The van der Waals surface area contributed by atoms with Crippen LogP contribution in [0.3, 0.4) is 0 Å². The maximum Gasteiger partial charge on any atom is 0.415 e. The van der Waals surface area contributed by atoms with Gasteiger partial charge in [-0.05, 0) is 42.0 Å². The first-order valence-corrected chi connectivity index (χ1v) is 8.96. The Morgan fingerprint density at radius 3 is 2.14 bits per heavy atom. The van der Waals surface area contributed by atoms with Crippen LogP contribution in [0.5, 0.6) is 0 Å². The van der Waals surface area contributed by atoms with Crippen LogP contribution in [0.25, 0.3) is 0 Å². The van der Waals surface area contributed by atoms with Crippen molar-refractivity contribution in [2.24, 2.45) is 0 Å². The SMILES string of the molecule is O=C(NS)c1ccc(C(=O)NCc2ccc(N3CC(C(=O)O)OC3=O)cc2)cc1. The van der Waals surface area contributed by atoms with Crippen molar-refractivity contribution in [1.82, 2.24) is 10.0 Å². The van der Waals surface area contributed by atoms with Gasteiger partial charge in [0, 0.05) is 23.4 Å². The molecule has 0 spiro atoms. The number of rotatable bonds is 6. The molecule has 0 aliphatic carbocycles. The Balaban J connectivity index is 1.57. The van der Waals surface area contributed by atoms with Crippen LogP contribution in [0.4, 0.5) is 10.5 Å². The molecule has 1 atom stereocenters. The Hall–Kier alpha value is -3.53. The van der Waals surface area contributed by atoms with Crippen molar-refractivity contribution in [1.29, 1.82) is 0 Å². The van der Waals surface area contributed by atoms with Gasteiger partial charge in [0.1, 0.15) is 0 Å². The van der Waals surface area contributed by atoms with E-state index in [9.17, 15) is 19.2 Å². The van der Waals surface area contributed by atoms with Crippen molar-refractivity contribution in [2.45, 2.75) is 12.6 Å². The van der Waals surface area contributed by atoms with Gasteiger partial charge in [0.05, 0.1) is 6.54 Å². The van der Waals surface area contributed by atoms with Gasteiger partial charge in [0.2, 0.25) is 6.10 Å². The Morgan fingerprint density at radius 2 is 1.62 bits per heavy atom. The zero-order chi connectivity index (χ0) is 21.0. The first kappa shape index (κ1) is 20.2. The quantitative estimate of drug-likeness (QED) is 0.531. The van der Waals surface area contributed by atoms with Gasteiger partial charge in [-0.15, -0.1) is 0 Å².